The number of para-hydroxylation sites is 1. The van der Waals surface area contributed by atoms with Crippen molar-refractivity contribution >= 4 is 17.5 Å². The molecule has 1 aromatic heterocycles. The quantitative estimate of drug-likeness (QED) is 0.614. The van der Waals surface area contributed by atoms with Crippen LogP contribution in [0.4, 0.5) is 18.9 Å². The number of carbonyl (C=O) groups excluding carboxylic acids is 2. The number of nitrogens with zero attached hydrogens (tertiary/aromatic N) is 3. The van der Waals surface area contributed by atoms with Gasteiger partial charge in [0.2, 0.25) is 23.6 Å². The van der Waals surface area contributed by atoms with Gasteiger partial charge in [-0.25, -0.2) is 0 Å². The lowest BCUT2D eigenvalue weighted by Crippen LogP contribution is -2.35. The molecule has 31 heavy (non-hydrogen) atoms. The molecule has 0 atom stereocenters. The lowest BCUT2D eigenvalue weighted by Gasteiger charge is -2.18. The molecule has 0 aliphatic heterocycles. The van der Waals surface area contributed by atoms with Crippen LogP contribution in [-0.2, 0) is 22.2 Å². The third kappa shape index (κ3) is 5.91. The van der Waals surface area contributed by atoms with Crippen LogP contribution in [0.25, 0.3) is 11.5 Å². The van der Waals surface area contributed by atoms with E-state index in [2.05, 4.69) is 15.5 Å². The number of hydrogen-bond acceptors (Lipinski definition) is 5. The van der Waals surface area contributed by atoms with Crippen LogP contribution in [0.1, 0.15) is 17.9 Å². The van der Waals surface area contributed by atoms with Crippen molar-refractivity contribution in [3.63, 3.8) is 0 Å². The number of likely N-dealkylation sites (N-methyl/N-ethyl adjacent to an activating group) is 1. The Labute approximate surface area is 175 Å². The van der Waals surface area contributed by atoms with E-state index in [1.165, 1.54) is 19.2 Å². The molecule has 0 spiro atoms. The average molecular weight is 432 g/mol. The number of alkyl halides is 3. The van der Waals surface area contributed by atoms with Crippen molar-refractivity contribution in [1.82, 2.24) is 15.1 Å². The van der Waals surface area contributed by atoms with Crippen LogP contribution in [0.5, 0.6) is 0 Å². The molecule has 3 aromatic rings. The second kappa shape index (κ2) is 9.41. The molecule has 0 aliphatic carbocycles. The van der Waals surface area contributed by atoms with Gasteiger partial charge in [0, 0.05) is 25.5 Å². The Hall–Kier alpha value is -3.69. The van der Waals surface area contributed by atoms with E-state index in [0.29, 0.717) is 5.89 Å². The maximum absolute atomic E-state index is 13.0. The minimum Gasteiger partial charge on any atom is -0.421 e. The van der Waals surface area contributed by atoms with Crippen LogP contribution in [0, 0.1) is 0 Å². The van der Waals surface area contributed by atoms with Crippen LogP contribution in [0.3, 0.4) is 0 Å². The third-order valence-electron chi connectivity index (χ3n) is 4.35. The van der Waals surface area contributed by atoms with Gasteiger partial charge in [0.1, 0.15) is 0 Å². The molecule has 10 heteroatoms. The Kier molecular flexibility index (Phi) is 6.68. The minimum atomic E-state index is -4.60. The topological polar surface area (TPSA) is 88.3 Å². The smallest absolute Gasteiger partial charge is 0.418 e. The van der Waals surface area contributed by atoms with E-state index in [1.807, 2.05) is 30.3 Å². The molecule has 2 aromatic carbocycles. The lowest BCUT2D eigenvalue weighted by atomic mass is 10.1. The normalized spacial score (nSPS) is 11.2. The first-order chi connectivity index (χ1) is 14.7. The van der Waals surface area contributed by atoms with Crippen molar-refractivity contribution in [2.45, 2.75) is 19.0 Å². The van der Waals surface area contributed by atoms with E-state index in [1.54, 1.807) is 0 Å². The monoisotopic (exact) mass is 432 g/mol. The largest absolute Gasteiger partial charge is 0.421 e. The van der Waals surface area contributed by atoms with Gasteiger partial charge < -0.3 is 14.6 Å². The molecule has 0 fully saturated rings. The number of aromatic nitrogens is 2. The maximum atomic E-state index is 13.0. The molecule has 0 saturated heterocycles. The van der Waals surface area contributed by atoms with Gasteiger partial charge in [-0.15, -0.1) is 10.2 Å². The van der Waals surface area contributed by atoms with Crippen LogP contribution in [0.2, 0.25) is 0 Å². The van der Waals surface area contributed by atoms with E-state index < -0.39 is 30.1 Å². The summed E-state index contributed by atoms with van der Waals surface area (Å²) in [4.78, 5) is 25.5. The highest BCUT2D eigenvalue weighted by molar-refractivity contribution is 5.95. The highest BCUT2D eigenvalue weighted by Gasteiger charge is 2.33. The third-order valence-corrected chi connectivity index (χ3v) is 4.35. The Morgan fingerprint density at radius 1 is 1.03 bits per heavy atom. The van der Waals surface area contributed by atoms with Crippen LogP contribution < -0.4 is 5.32 Å². The number of anilines is 1. The number of rotatable bonds is 7. The molecule has 2 amide bonds. The zero-order valence-electron chi connectivity index (χ0n) is 16.5. The fourth-order valence-electron chi connectivity index (χ4n) is 2.79. The van der Waals surface area contributed by atoms with Crippen molar-refractivity contribution in [2.24, 2.45) is 0 Å². The summed E-state index contributed by atoms with van der Waals surface area (Å²) in [5, 5.41) is 10.0. The lowest BCUT2D eigenvalue weighted by molar-refractivity contribution is -0.137. The summed E-state index contributed by atoms with van der Waals surface area (Å²) in [6.07, 6.45) is -4.44. The fourth-order valence-corrected chi connectivity index (χ4v) is 2.79. The summed E-state index contributed by atoms with van der Waals surface area (Å²) in [5.41, 5.74) is -0.566. The van der Waals surface area contributed by atoms with Gasteiger partial charge in [-0.2, -0.15) is 13.2 Å². The zero-order valence-corrected chi connectivity index (χ0v) is 16.5. The van der Waals surface area contributed by atoms with Crippen molar-refractivity contribution in [3.8, 4) is 11.5 Å². The number of nitrogens with one attached hydrogen (secondary N) is 1. The predicted octanol–water partition coefficient (Wildman–Crippen LogP) is 3.79. The SMILES string of the molecule is CN(CC(=O)Nc1ccccc1C(F)(F)F)C(=O)CCc1nnc(-c2ccccc2)o1. The molecule has 0 aliphatic rings. The summed E-state index contributed by atoms with van der Waals surface area (Å²) in [6, 6.07) is 13.8. The number of aryl methyl sites for hydroxylation is 1. The highest BCUT2D eigenvalue weighted by atomic mass is 19.4. The molecule has 0 saturated carbocycles. The summed E-state index contributed by atoms with van der Waals surface area (Å²) < 4.78 is 44.6. The van der Waals surface area contributed by atoms with Crippen molar-refractivity contribution in [2.75, 3.05) is 18.9 Å². The fraction of sp³-hybridized carbons (Fsp3) is 0.238. The minimum absolute atomic E-state index is 0.000654. The zero-order chi connectivity index (χ0) is 22.4. The molecular weight excluding hydrogens is 413 g/mol. The standard InChI is InChI=1S/C21H19F3N4O3/c1-28(13-17(29)25-16-10-6-5-9-15(16)21(22,23)24)19(30)12-11-18-26-27-20(31-18)14-7-3-2-4-8-14/h2-10H,11-13H2,1H3,(H,25,29). The first kappa shape index (κ1) is 22.0. The molecule has 0 radical (unpaired) electrons. The Morgan fingerprint density at radius 3 is 2.42 bits per heavy atom. The molecule has 0 unspecified atom stereocenters. The van der Waals surface area contributed by atoms with E-state index in [9.17, 15) is 22.8 Å². The molecule has 3 rings (SSSR count). The molecule has 1 heterocycles. The van der Waals surface area contributed by atoms with Gasteiger partial charge in [-0.1, -0.05) is 30.3 Å². The van der Waals surface area contributed by atoms with Crippen LogP contribution in [-0.4, -0.2) is 40.5 Å². The molecule has 0 bridgehead atoms. The number of amides is 2. The van der Waals surface area contributed by atoms with Crippen molar-refractivity contribution < 1.29 is 27.2 Å². The molecule has 1 N–H and O–H groups in total. The van der Waals surface area contributed by atoms with E-state index >= 15 is 0 Å². The average Bonchev–Trinajstić information content (AvgIpc) is 3.21. The van der Waals surface area contributed by atoms with Crippen LogP contribution >= 0.6 is 0 Å². The molecular formula is C21H19F3N4O3. The number of halogens is 3. The van der Waals surface area contributed by atoms with Gasteiger partial charge in [-0.3, -0.25) is 9.59 Å². The molecule has 162 valence electrons. The Bertz CT molecular complexity index is 1050. The summed E-state index contributed by atoms with van der Waals surface area (Å²) in [7, 11) is 1.39. The second-order valence-corrected chi connectivity index (χ2v) is 6.71. The summed E-state index contributed by atoms with van der Waals surface area (Å²) >= 11 is 0. The van der Waals surface area contributed by atoms with E-state index in [0.717, 1.165) is 22.6 Å². The van der Waals surface area contributed by atoms with Crippen molar-refractivity contribution in [1.29, 1.82) is 0 Å². The predicted molar refractivity (Wildman–Crippen MR) is 106 cm³/mol. The first-order valence-corrected chi connectivity index (χ1v) is 9.32. The van der Waals surface area contributed by atoms with E-state index in [-0.39, 0.29) is 24.4 Å². The molecule has 7 nitrogen and oxygen atoms in total. The Balaban J connectivity index is 1.52. The van der Waals surface area contributed by atoms with Gasteiger partial charge >= 0.3 is 6.18 Å². The number of carbonyl (C=O) groups is 2. The Morgan fingerprint density at radius 2 is 1.71 bits per heavy atom. The van der Waals surface area contributed by atoms with Gasteiger partial charge in [-0.05, 0) is 24.3 Å². The number of hydrogen-bond donors (Lipinski definition) is 1. The van der Waals surface area contributed by atoms with Crippen molar-refractivity contribution in [3.05, 3.63) is 66.1 Å². The van der Waals surface area contributed by atoms with Gasteiger partial charge in [0.05, 0.1) is 17.8 Å². The first-order valence-electron chi connectivity index (χ1n) is 9.32. The summed E-state index contributed by atoms with van der Waals surface area (Å²) in [5.74, 6) is -0.529. The maximum Gasteiger partial charge on any atom is 0.418 e. The highest BCUT2D eigenvalue weighted by Crippen LogP contribution is 2.34. The number of benzene rings is 2. The van der Waals surface area contributed by atoms with Gasteiger partial charge in [0.15, 0.2) is 0 Å². The second-order valence-electron chi connectivity index (χ2n) is 6.71. The van der Waals surface area contributed by atoms with Gasteiger partial charge in [0.25, 0.3) is 0 Å². The summed E-state index contributed by atoms with van der Waals surface area (Å²) in [6.45, 7) is -0.399. The van der Waals surface area contributed by atoms with Crippen LogP contribution in [0.15, 0.2) is 59.0 Å². The van der Waals surface area contributed by atoms with E-state index in [4.69, 9.17) is 4.42 Å².